The summed E-state index contributed by atoms with van der Waals surface area (Å²) < 4.78 is 10.6. The van der Waals surface area contributed by atoms with E-state index in [-0.39, 0.29) is 18.2 Å². The van der Waals surface area contributed by atoms with Crippen molar-refractivity contribution in [3.8, 4) is 5.75 Å². The molecule has 0 aromatic heterocycles. The fourth-order valence-corrected chi connectivity index (χ4v) is 2.86. The zero-order valence-electron chi connectivity index (χ0n) is 14.9. The third kappa shape index (κ3) is 5.72. The molecule has 0 bridgehead atoms. The van der Waals surface area contributed by atoms with Gasteiger partial charge in [-0.25, -0.2) is 0 Å². The number of hydrogen-bond acceptors (Lipinski definition) is 5. The normalized spacial score (nSPS) is 17.8. The first kappa shape index (κ1) is 19.2. The van der Waals surface area contributed by atoms with Crippen molar-refractivity contribution in [3.63, 3.8) is 0 Å². The van der Waals surface area contributed by atoms with Crippen molar-refractivity contribution in [1.82, 2.24) is 15.5 Å². The Morgan fingerprint density at radius 2 is 2.20 bits per heavy atom. The number of amides is 2. The van der Waals surface area contributed by atoms with Gasteiger partial charge in [-0.2, -0.15) is 0 Å². The van der Waals surface area contributed by atoms with Crippen LogP contribution in [0.4, 0.5) is 0 Å². The van der Waals surface area contributed by atoms with Gasteiger partial charge in [-0.3, -0.25) is 14.5 Å². The van der Waals surface area contributed by atoms with Crippen LogP contribution in [0, 0.1) is 0 Å². The van der Waals surface area contributed by atoms with Crippen molar-refractivity contribution in [2.24, 2.45) is 0 Å². The summed E-state index contributed by atoms with van der Waals surface area (Å²) in [6.07, 6.45) is 0.131. The molecule has 1 aromatic rings. The van der Waals surface area contributed by atoms with Gasteiger partial charge in [0, 0.05) is 38.9 Å². The number of methoxy groups -OCH3 is 1. The van der Waals surface area contributed by atoms with E-state index in [0.29, 0.717) is 39.4 Å². The molecule has 0 saturated carbocycles. The predicted molar refractivity (Wildman–Crippen MR) is 94.3 cm³/mol. The summed E-state index contributed by atoms with van der Waals surface area (Å²) in [4.78, 5) is 26.4. The largest absolute Gasteiger partial charge is 0.494 e. The molecular weight excluding hydrogens is 322 g/mol. The number of para-hydroxylation sites is 1. The average molecular weight is 349 g/mol. The Kier molecular flexibility index (Phi) is 7.69. The lowest BCUT2D eigenvalue weighted by Gasteiger charge is -2.35. The van der Waals surface area contributed by atoms with Crippen LogP contribution < -0.4 is 15.4 Å². The SMILES string of the molecule is CCOc1ccccc1CN1CCNC(=O)C1CC(=O)NCCOC. The number of nitrogens with zero attached hydrogens (tertiary/aromatic N) is 1. The molecule has 1 heterocycles. The topological polar surface area (TPSA) is 79.9 Å². The van der Waals surface area contributed by atoms with Gasteiger partial charge in [-0.15, -0.1) is 0 Å². The number of carbonyl (C=O) groups excluding carboxylic acids is 2. The van der Waals surface area contributed by atoms with E-state index < -0.39 is 6.04 Å². The molecule has 1 aliphatic heterocycles. The number of carbonyl (C=O) groups is 2. The lowest BCUT2D eigenvalue weighted by Crippen LogP contribution is -2.56. The second kappa shape index (κ2) is 10.0. The van der Waals surface area contributed by atoms with Crippen molar-refractivity contribution >= 4 is 11.8 Å². The van der Waals surface area contributed by atoms with Gasteiger partial charge in [-0.1, -0.05) is 18.2 Å². The minimum Gasteiger partial charge on any atom is -0.494 e. The molecule has 2 amide bonds. The molecule has 138 valence electrons. The van der Waals surface area contributed by atoms with E-state index in [1.54, 1.807) is 7.11 Å². The number of piperazine rings is 1. The van der Waals surface area contributed by atoms with E-state index in [1.165, 1.54) is 0 Å². The Balaban J connectivity index is 2.04. The van der Waals surface area contributed by atoms with Crippen LogP contribution in [-0.2, 0) is 20.9 Å². The summed E-state index contributed by atoms with van der Waals surface area (Å²) in [7, 11) is 1.58. The maximum Gasteiger partial charge on any atom is 0.237 e. The highest BCUT2D eigenvalue weighted by Gasteiger charge is 2.31. The van der Waals surface area contributed by atoms with Crippen molar-refractivity contribution < 1.29 is 19.1 Å². The molecule has 1 saturated heterocycles. The molecule has 7 nitrogen and oxygen atoms in total. The van der Waals surface area contributed by atoms with Crippen molar-refractivity contribution in [1.29, 1.82) is 0 Å². The van der Waals surface area contributed by atoms with E-state index >= 15 is 0 Å². The second-order valence-corrected chi connectivity index (χ2v) is 5.86. The maximum atomic E-state index is 12.3. The Labute approximate surface area is 148 Å². The fraction of sp³-hybridized carbons (Fsp3) is 0.556. The monoisotopic (exact) mass is 349 g/mol. The third-order valence-electron chi connectivity index (χ3n) is 4.09. The fourth-order valence-electron chi connectivity index (χ4n) is 2.86. The Hall–Kier alpha value is -2.12. The highest BCUT2D eigenvalue weighted by atomic mass is 16.5. The van der Waals surface area contributed by atoms with E-state index in [0.717, 1.165) is 11.3 Å². The molecule has 1 aromatic carbocycles. The summed E-state index contributed by atoms with van der Waals surface area (Å²) in [5.41, 5.74) is 1.02. The van der Waals surface area contributed by atoms with Crippen LogP contribution in [0.25, 0.3) is 0 Å². The van der Waals surface area contributed by atoms with Gasteiger partial charge in [0.1, 0.15) is 5.75 Å². The highest BCUT2D eigenvalue weighted by molar-refractivity contribution is 5.88. The van der Waals surface area contributed by atoms with E-state index in [2.05, 4.69) is 10.6 Å². The van der Waals surface area contributed by atoms with E-state index in [4.69, 9.17) is 9.47 Å². The van der Waals surface area contributed by atoms with Gasteiger partial charge in [-0.05, 0) is 13.0 Å². The first-order valence-electron chi connectivity index (χ1n) is 8.63. The molecule has 1 fully saturated rings. The molecular formula is C18H27N3O4. The number of rotatable bonds is 9. The molecule has 2 rings (SSSR count). The second-order valence-electron chi connectivity index (χ2n) is 5.86. The lowest BCUT2D eigenvalue weighted by molar-refractivity contribution is -0.134. The van der Waals surface area contributed by atoms with Crippen LogP contribution in [0.2, 0.25) is 0 Å². The Bertz CT molecular complexity index is 579. The van der Waals surface area contributed by atoms with Crippen LogP contribution >= 0.6 is 0 Å². The summed E-state index contributed by atoms with van der Waals surface area (Å²) >= 11 is 0. The van der Waals surface area contributed by atoms with Gasteiger partial charge in [0.05, 0.1) is 25.7 Å². The van der Waals surface area contributed by atoms with Gasteiger partial charge in [0.15, 0.2) is 0 Å². The molecule has 0 radical (unpaired) electrons. The van der Waals surface area contributed by atoms with E-state index in [1.807, 2.05) is 36.1 Å². The summed E-state index contributed by atoms with van der Waals surface area (Å²) in [6.45, 7) is 5.27. The molecule has 0 aliphatic carbocycles. The molecule has 7 heteroatoms. The standard InChI is InChI=1S/C18H27N3O4/c1-3-25-16-7-5-4-6-14(16)13-21-10-8-20-18(23)15(21)12-17(22)19-9-11-24-2/h4-7,15H,3,8-13H2,1-2H3,(H,19,22)(H,20,23). The summed E-state index contributed by atoms with van der Waals surface area (Å²) in [6, 6.07) is 7.32. The summed E-state index contributed by atoms with van der Waals surface area (Å²) in [5, 5.41) is 5.62. The number of ether oxygens (including phenoxy) is 2. The van der Waals surface area contributed by atoms with Gasteiger partial charge in [0.25, 0.3) is 0 Å². The van der Waals surface area contributed by atoms with Crippen LogP contribution in [0.5, 0.6) is 5.75 Å². The minimum absolute atomic E-state index is 0.109. The van der Waals surface area contributed by atoms with Crippen molar-refractivity contribution in [2.75, 3.05) is 40.0 Å². The number of hydrogen-bond donors (Lipinski definition) is 2. The van der Waals surface area contributed by atoms with Gasteiger partial charge < -0.3 is 20.1 Å². The molecule has 25 heavy (non-hydrogen) atoms. The predicted octanol–water partition coefficient (Wildman–Crippen LogP) is 0.538. The molecule has 1 unspecified atom stereocenters. The van der Waals surface area contributed by atoms with Gasteiger partial charge in [0.2, 0.25) is 11.8 Å². The van der Waals surface area contributed by atoms with Crippen LogP contribution in [0.1, 0.15) is 18.9 Å². The molecule has 2 N–H and O–H groups in total. The molecule has 0 spiro atoms. The molecule has 1 aliphatic rings. The number of nitrogens with one attached hydrogen (secondary N) is 2. The lowest BCUT2D eigenvalue weighted by atomic mass is 10.1. The van der Waals surface area contributed by atoms with Crippen LogP contribution in [0.3, 0.4) is 0 Å². The van der Waals surface area contributed by atoms with Crippen molar-refractivity contribution in [2.45, 2.75) is 25.9 Å². The quantitative estimate of drug-likeness (QED) is 0.636. The first-order chi connectivity index (χ1) is 12.2. The zero-order chi connectivity index (χ0) is 18.1. The van der Waals surface area contributed by atoms with Gasteiger partial charge >= 0.3 is 0 Å². The Morgan fingerprint density at radius 3 is 2.96 bits per heavy atom. The zero-order valence-corrected chi connectivity index (χ0v) is 14.9. The third-order valence-corrected chi connectivity index (χ3v) is 4.09. The van der Waals surface area contributed by atoms with E-state index in [9.17, 15) is 9.59 Å². The first-order valence-corrected chi connectivity index (χ1v) is 8.63. The van der Waals surface area contributed by atoms with Crippen molar-refractivity contribution in [3.05, 3.63) is 29.8 Å². The molecule has 1 atom stereocenters. The minimum atomic E-state index is -0.481. The Morgan fingerprint density at radius 1 is 1.40 bits per heavy atom. The highest BCUT2D eigenvalue weighted by Crippen LogP contribution is 2.22. The maximum absolute atomic E-state index is 12.3. The summed E-state index contributed by atoms with van der Waals surface area (Å²) in [5.74, 6) is 0.559. The smallest absolute Gasteiger partial charge is 0.237 e. The average Bonchev–Trinajstić information content (AvgIpc) is 2.60. The van der Waals surface area contributed by atoms with Crippen LogP contribution in [-0.4, -0.2) is 62.7 Å². The van der Waals surface area contributed by atoms with Crippen LogP contribution in [0.15, 0.2) is 24.3 Å². The number of benzene rings is 1.